The van der Waals surface area contributed by atoms with Crippen molar-refractivity contribution in [3.8, 4) is 5.75 Å². The average molecular weight is 195 g/mol. The first-order chi connectivity index (χ1) is 6.76. The zero-order chi connectivity index (χ0) is 10.4. The number of benzene rings is 1. The smallest absolute Gasteiger partial charge is 0.118 e. The van der Waals surface area contributed by atoms with Crippen molar-refractivity contribution in [2.45, 2.75) is 12.5 Å². The van der Waals surface area contributed by atoms with Crippen molar-refractivity contribution in [1.82, 2.24) is 0 Å². The average Bonchev–Trinajstić information content (AvgIpc) is 2.19. The molecule has 0 radical (unpaired) electrons. The summed E-state index contributed by atoms with van der Waals surface area (Å²) in [7, 11) is 3.32. The lowest BCUT2D eigenvalue weighted by atomic mass is 10.1. The van der Waals surface area contributed by atoms with E-state index in [9.17, 15) is 0 Å². The molecule has 2 N–H and O–H groups in total. The maximum atomic E-state index is 5.83. The topological polar surface area (TPSA) is 44.5 Å². The minimum Gasteiger partial charge on any atom is -0.497 e. The molecule has 1 aromatic rings. The first-order valence-electron chi connectivity index (χ1n) is 4.63. The summed E-state index contributed by atoms with van der Waals surface area (Å²) in [5, 5.41) is 0. The highest BCUT2D eigenvalue weighted by molar-refractivity contribution is 5.27. The molecule has 1 rings (SSSR count). The van der Waals surface area contributed by atoms with Gasteiger partial charge in [0.25, 0.3) is 0 Å². The van der Waals surface area contributed by atoms with Crippen LogP contribution in [0.15, 0.2) is 24.3 Å². The van der Waals surface area contributed by atoms with Gasteiger partial charge in [0, 0.05) is 13.2 Å². The fourth-order valence-corrected chi connectivity index (χ4v) is 1.34. The van der Waals surface area contributed by atoms with Gasteiger partial charge in [-0.1, -0.05) is 12.1 Å². The first-order valence-corrected chi connectivity index (χ1v) is 4.63. The van der Waals surface area contributed by atoms with Crippen LogP contribution in [0, 0.1) is 0 Å². The molecule has 0 heterocycles. The van der Waals surface area contributed by atoms with Gasteiger partial charge >= 0.3 is 0 Å². The van der Waals surface area contributed by atoms with Crippen LogP contribution in [0.3, 0.4) is 0 Å². The van der Waals surface area contributed by atoms with Gasteiger partial charge in [0.05, 0.1) is 13.7 Å². The molecule has 0 aliphatic rings. The van der Waals surface area contributed by atoms with Crippen LogP contribution >= 0.6 is 0 Å². The van der Waals surface area contributed by atoms with E-state index in [1.54, 1.807) is 14.2 Å². The summed E-state index contributed by atoms with van der Waals surface area (Å²) in [6.07, 6.45) is 0.831. The Morgan fingerprint density at radius 1 is 1.21 bits per heavy atom. The molecule has 3 heteroatoms. The van der Waals surface area contributed by atoms with Gasteiger partial charge in [-0.15, -0.1) is 0 Å². The normalized spacial score (nSPS) is 12.5. The first kappa shape index (κ1) is 11.0. The van der Waals surface area contributed by atoms with Crippen LogP contribution in [0.1, 0.15) is 5.56 Å². The summed E-state index contributed by atoms with van der Waals surface area (Å²) < 4.78 is 10.0. The largest absolute Gasteiger partial charge is 0.497 e. The zero-order valence-corrected chi connectivity index (χ0v) is 8.69. The number of rotatable bonds is 5. The molecule has 78 valence electrons. The summed E-state index contributed by atoms with van der Waals surface area (Å²) >= 11 is 0. The van der Waals surface area contributed by atoms with E-state index in [0.29, 0.717) is 6.61 Å². The van der Waals surface area contributed by atoms with Gasteiger partial charge in [-0.05, 0) is 24.1 Å². The van der Waals surface area contributed by atoms with E-state index in [-0.39, 0.29) is 6.04 Å². The molecule has 14 heavy (non-hydrogen) atoms. The predicted molar refractivity (Wildman–Crippen MR) is 56.5 cm³/mol. The van der Waals surface area contributed by atoms with Crippen LogP contribution < -0.4 is 10.5 Å². The fraction of sp³-hybridized carbons (Fsp3) is 0.455. The Hall–Kier alpha value is -1.06. The van der Waals surface area contributed by atoms with E-state index in [2.05, 4.69) is 0 Å². The van der Waals surface area contributed by atoms with Gasteiger partial charge in [-0.2, -0.15) is 0 Å². The van der Waals surface area contributed by atoms with Crippen molar-refractivity contribution in [2.75, 3.05) is 20.8 Å². The molecular formula is C11H17NO2. The minimum absolute atomic E-state index is 0.0633. The third-order valence-electron chi connectivity index (χ3n) is 2.04. The fourth-order valence-electron chi connectivity index (χ4n) is 1.34. The molecular weight excluding hydrogens is 178 g/mol. The highest BCUT2D eigenvalue weighted by atomic mass is 16.5. The summed E-state index contributed by atoms with van der Waals surface area (Å²) in [5.74, 6) is 0.870. The Bertz CT molecular complexity index is 258. The second kappa shape index (κ2) is 5.62. The van der Waals surface area contributed by atoms with Crippen LogP contribution in [0.5, 0.6) is 5.75 Å². The van der Waals surface area contributed by atoms with Crippen LogP contribution in [0.25, 0.3) is 0 Å². The molecule has 0 bridgehead atoms. The number of methoxy groups -OCH3 is 2. The van der Waals surface area contributed by atoms with Crippen molar-refractivity contribution >= 4 is 0 Å². The van der Waals surface area contributed by atoms with E-state index in [1.165, 1.54) is 5.56 Å². The van der Waals surface area contributed by atoms with E-state index in [0.717, 1.165) is 12.2 Å². The van der Waals surface area contributed by atoms with Gasteiger partial charge in [-0.25, -0.2) is 0 Å². The SMILES string of the molecule is COCC(N)Cc1ccc(OC)cc1. The second-order valence-corrected chi connectivity index (χ2v) is 3.27. The lowest BCUT2D eigenvalue weighted by Gasteiger charge is -2.10. The lowest BCUT2D eigenvalue weighted by molar-refractivity contribution is 0.180. The molecule has 1 aromatic carbocycles. The van der Waals surface area contributed by atoms with Gasteiger partial charge in [-0.3, -0.25) is 0 Å². The Kier molecular flexibility index (Phi) is 4.43. The Morgan fingerprint density at radius 2 is 1.86 bits per heavy atom. The molecule has 0 amide bonds. The zero-order valence-electron chi connectivity index (χ0n) is 8.69. The van der Waals surface area contributed by atoms with Crippen molar-refractivity contribution in [3.63, 3.8) is 0 Å². The van der Waals surface area contributed by atoms with Crippen molar-refractivity contribution in [2.24, 2.45) is 5.73 Å². The van der Waals surface area contributed by atoms with E-state index in [4.69, 9.17) is 15.2 Å². The number of hydrogen-bond acceptors (Lipinski definition) is 3. The van der Waals surface area contributed by atoms with E-state index in [1.807, 2.05) is 24.3 Å². The van der Waals surface area contributed by atoms with Crippen LogP contribution in [0.2, 0.25) is 0 Å². The monoisotopic (exact) mass is 195 g/mol. The second-order valence-electron chi connectivity index (χ2n) is 3.27. The number of hydrogen-bond donors (Lipinski definition) is 1. The lowest BCUT2D eigenvalue weighted by Crippen LogP contribution is -2.27. The molecule has 0 saturated carbocycles. The highest BCUT2D eigenvalue weighted by Crippen LogP contribution is 2.12. The molecule has 1 unspecified atom stereocenters. The van der Waals surface area contributed by atoms with Gasteiger partial charge in [0.15, 0.2) is 0 Å². The Morgan fingerprint density at radius 3 is 2.36 bits per heavy atom. The summed E-state index contributed by atoms with van der Waals surface area (Å²) in [4.78, 5) is 0. The van der Waals surface area contributed by atoms with Gasteiger partial charge in [0.2, 0.25) is 0 Å². The quantitative estimate of drug-likeness (QED) is 0.768. The summed E-state index contributed by atoms with van der Waals surface area (Å²) in [6, 6.07) is 7.99. The maximum Gasteiger partial charge on any atom is 0.118 e. The standard InChI is InChI=1S/C11H17NO2/c1-13-8-10(12)7-9-3-5-11(14-2)6-4-9/h3-6,10H,7-8,12H2,1-2H3. The summed E-state index contributed by atoms with van der Waals surface area (Å²) in [6.45, 7) is 0.589. The van der Waals surface area contributed by atoms with Crippen molar-refractivity contribution < 1.29 is 9.47 Å². The molecule has 1 atom stereocenters. The van der Waals surface area contributed by atoms with Crippen LogP contribution in [-0.4, -0.2) is 26.9 Å². The number of ether oxygens (including phenoxy) is 2. The number of nitrogens with two attached hydrogens (primary N) is 1. The van der Waals surface area contributed by atoms with Crippen molar-refractivity contribution in [3.05, 3.63) is 29.8 Å². The van der Waals surface area contributed by atoms with E-state index >= 15 is 0 Å². The summed E-state index contributed by atoms with van der Waals surface area (Å²) in [5.41, 5.74) is 7.03. The van der Waals surface area contributed by atoms with Gasteiger partial charge in [0.1, 0.15) is 5.75 Å². The van der Waals surface area contributed by atoms with Crippen LogP contribution in [-0.2, 0) is 11.2 Å². The Labute approximate surface area is 84.8 Å². The molecule has 0 spiro atoms. The molecule has 0 aliphatic carbocycles. The van der Waals surface area contributed by atoms with Crippen molar-refractivity contribution in [1.29, 1.82) is 0 Å². The van der Waals surface area contributed by atoms with Gasteiger partial charge < -0.3 is 15.2 Å². The third-order valence-corrected chi connectivity index (χ3v) is 2.04. The minimum atomic E-state index is 0.0633. The third kappa shape index (κ3) is 3.36. The Balaban J connectivity index is 2.50. The molecule has 0 aliphatic heterocycles. The predicted octanol–water partition coefficient (Wildman–Crippen LogP) is 1.21. The molecule has 0 aromatic heterocycles. The molecule has 0 fully saturated rings. The maximum absolute atomic E-state index is 5.83. The van der Waals surface area contributed by atoms with E-state index < -0.39 is 0 Å². The highest BCUT2D eigenvalue weighted by Gasteiger charge is 2.03. The van der Waals surface area contributed by atoms with Crippen LogP contribution in [0.4, 0.5) is 0 Å². The molecule has 3 nitrogen and oxygen atoms in total. The molecule has 0 saturated heterocycles.